The summed E-state index contributed by atoms with van der Waals surface area (Å²) in [5.74, 6) is 0.287. The first-order valence-electron chi connectivity index (χ1n) is 10.7. The lowest BCUT2D eigenvalue weighted by Gasteiger charge is -2.18. The summed E-state index contributed by atoms with van der Waals surface area (Å²) >= 11 is 0. The number of benzene rings is 1. The molecule has 0 spiro atoms. The molecule has 0 radical (unpaired) electrons. The minimum atomic E-state index is -0.347. The Morgan fingerprint density at radius 2 is 1.87 bits per heavy atom. The molecule has 4 rings (SSSR count). The maximum absolute atomic E-state index is 12.7. The van der Waals surface area contributed by atoms with E-state index >= 15 is 0 Å². The number of carbonyl (C=O) groups is 2. The van der Waals surface area contributed by atoms with Gasteiger partial charge in [-0.1, -0.05) is 6.07 Å². The van der Waals surface area contributed by atoms with E-state index in [2.05, 4.69) is 20.2 Å². The number of aromatic nitrogens is 2. The molecule has 0 saturated carbocycles. The van der Waals surface area contributed by atoms with E-state index in [-0.39, 0.29) is 24.2 Å². The molecular formula is C23H29N5O2. The number of amides is 2. The molecule has 2 amide bonds. The Bertz CT molecular complexity index is 968. The maximum Gasteiger partial charge on any atom is 0.227 e. The smallest absolute Gasteiger partial charge is 0.227 e. The number of aryl methyl sites for hydroxylation is 3. The number of rotatable bonds is 5. The standard InChI is InChI=1S/C23H29N5O2/c1-15-6-7-20(10-16(15)2)28-14-18(12-21(28)29)22(30)24-13-19-11-17(3)25-23(26-19)27-8-4-5-9-27/h6-7,10-11,18H,4-5,8-9,12-14H2,1-3H3,(H,24,30). The third kappa shape index (κ3) is 4.30. The molecule has 1 aromatic carbocycles. The van der Waals surface area contributed by atoms with Gasteiger partial charge in [-0.05, 0) is 62.9 Å². The van der Waals surface area contributed by atoms with Gasteiger partial charge in [-0.25, -0.2) is 9.97 Å². The highest BCUT2D eigenvalue weighted by Crippen LogP contribution is 2.27. The first-order valence-corrected chi connectivity index (χ1v) is 10.7. The Morgan fingerprint density at radius 3 is 2.60 bits per heavy atom. The third-order valence-electron chi connectivity index (χ3n) is 6.03. The molecule has 1 aromatic heterocycles. The van der Waals surface area contributed by atoms with E-state index in [1.807, 2.05) is 45.0 Å². The van der Waals surface area contributed by atoms with Gasteiger partial charge in [0.25, 0.3) is 0 Å². The topological polar surface area (TPSA) is 78.4 Å². The van der Waals surface area contributed by atoms with Crippen LogP contribution >= 0.6 is 0 Å². The molecule has 1 unspecified atom stereocenters. The van der Waals surface area contributed by atoms with Crippen LogP contribution in [0.5, 0.6) is 0 Å². The molecule has 30 heavy (non-hydrogen) atoms. The van der Waals surface area contributed by atoms with Gasteiger partial charge in [-0.3, -0.25) is 9.59 Å². The molecule has 2 aliphatic heterocycles. The second kappa shape index (κ2) is 8.42. The van der Waals surface area contributed by atoms with Crippen molar-refractivity contribution in [3.8, 4) is 0 Å². The highest BCUT2D eigenvalue weighted by Gasteiger charge is 2.35. The molecule has 3 heterocycles. The minimum Gasteiger partial charge on any atom is -0.350 e. The van der Waals surface area contributed by atoms with Crippen LogP contribution in [0.25, 0.3) is 0 Å². The van der Waals surface area contributed by atoms with E-state index in [1.54, 1.807) is 4.90 Å². The lowest BCUT2D eigenvalue weighted by molar-refractivity contribution is -0.126. The van der Waals surface area contributed by atoms with Crippen molar-refractivity contribution in [1.29, 1.82) is 0 Å². The number of nitrogens with zero attached hydrogens (tertiary/aromatic N) is 4. The van der Waals surface area contributed by atoms with Crippen LogP contribution in [0.3, 0.4) is 0 Å². The van der Waals surface area contributed by atoms with Gasteiger partial charge in [0.05, 0.1) is 18.2 Å². The molecule has 1 N–H and O–H groups in total. The van der Waals surface area contributed by atoms with Crippen molar-refractivity contribution in [2.75, 3.05) is 29.4 Å². The van der Waals surface area contributed by atoms with Crippen LogP contribution in [-0.4, -0.2) is 41.4 Å². The predicted molar refractivity (Wildman–Crippen MR) is 116 cm³/mol. The Balaban J connectivity index is 1.39. The van der Waals surface area contributed by atoms with Gasteiger partial charge in [0.15, 0.2) is 0 Å². The molecule has 2 aliphatic rings. The molecule has 2 saturated heterocycles. The van der Waals surface area contributed by atoms with Crippen LogP contribution in [0, 0.1) is 26.7 Å². The van der Waals surface area contributed by atoms with Gasteiger partial charge in [-0.2, -0.15) is 0 Å². The highest BCUT2D eigenvalue weighted by molar-refractivity contribution is 6.00. The third-order valence-corrected chi connectivity index (χ3v) is 6.03. The van der Waals surface area contributed by atoms with Gasteiger partial charge in [0.1, 0.15) is 0 Å². The summed E-state index contributed by atoms with van der Waals surface area (Å²) in [4.78, 5) is 38.3. The van der Waals surface area contributed by atoms with Crippen molar-refractivity contribution in [2.45, 2.75) is 46.6 Å². The Hall–Kier alpha value is -2.96. The largest absolute Gasteiger partial charge is 0.350 e. The SMILES string of the molecule is Cc1cc(CNC(=O)C2CC(=O)N(c3ccc(C)c(C)c3)C2)nc(N2CCCC2)n1. The fourth-order valence-electron chi connectivity index (χ4n) is 4.11. The van der Waals surface area contributed by atoms with Gasteiger partial charge < -0.3 is 15.1 Å². The van der Waals surface area contributed by atoms with E-state index in [9.17, 15) is 9.59 Å². The van der Waals surface area contributed by atoms with E-state index in [0.717, 1.165) is 54.5 Å². The van der Waals surface area contributed by atoms with Crippen molar-refractivity contribution in [2.24, 2.45) is 5.92 Å². The number of anilines is 2. The lowest BCUT2D eigenvalue weighted by atomic mass is 10.1. The van der Waals surface area contributed by atoms with Crippen LogP contribution in [0.2, 0.25) is 0 Å². The van der Waals surface area contributed by atoms with E-state index < -0.39 is 0 Å². The summed E-state index contributed by atoms with van der Waals surface area (Å²) in [5, 5.41) is 2.97. The van der Waals surface area contributed by atoms with Crippen molar-refractivity contribution in [1.82, 2.24) is 15.3 Å². The lowest BCUT2D eigenvalue weighted by Crippen LogP contribution is -2.33. The molecule has 0 bridgehead atoms. The van der Waals surface area contributed by atoms with Crippen LogP contribution < -0.4 is 15.1 Å². The zero-order valence-electron chi connectivity index (χ0n) is 17.9. The van der Waals surface area contributed by atoms with Crippen LogP contribution in [0.4, 0.5) is 11.6 Å². The normalized spacial score (nSPS) is 18.9. The van der Waals surface area contributed by atoms with Crippen LogP contribution in [0.15, 0.2) is 24.3 Å². The second-order valence-electron chi connectivity index (χ2n) is 8.39. The zero-order valence-corrected chi connectivity index (χ0v) is 17.9. The van der Waals surface area contributed by atoms with Crippen molar-refractivity contribution in [3.05, 3.63) is 46.8 Å². The van der Waals surface area contributed by atoms with Crippen LogP contribution in [-0.2, 0) is 16.1 Å². The molecule has 1 atom stereocenters. The molecule has 0 aliphatic carbocycles. The van der Waals surface area contributed by atoms with Gasteiger partial charge >= 0.3 is 0 Å². The summed E-state index contributed by atoms with van der Waals surface area (Å²) in [5.41, 5.74) is 4.88. The van der Waals surface area contributed by atoms with E-state index in [0.29, 0.717) is 13.1 Å². The quantitative estimate of drug-likeness (QED) is 0.824. The summed E-state index contributed by atoms with van der Waals surface area (Å²) in [6.07, 6.45) is 2.56. The Kier molecular flexibility index (Phi) is 5.70. The first kappa shape index (κ1) is 20.3. The average Bonchev–Trinajstić information content (AvgIpc) is 3.38. The molecular weight excluding hydrogens is 378 g/mol. The van der Waals surface area contributed by atoms with Crippen LogP contribution in [0.1, 0.15) is 41.8 Å². The monoisotopic (exact) mass is 407 g/mol. The zero-order chi connectivity index (χ0) is 21.3. The van der Waals surface area contributed by atoms with Crippen molar-refractivity contribution in [3.63, 3.8) is 0 Å². The molecule has 2 aromatic rings. The van der Waals surface area contributed by atoms with E-state index in [4.69, 9.17) is 0 Å². The van der Waals surface area contributed by atoms with E-state index in [1.165, 1.54) is 5.56 Å². The summed E-state index contributed by atoms with van der Waals surface area (Å²) in [6.45, 7) is 8.74. The van der Waals surface area contributed by atoms with Gasteiger partial charge in [0.2, 0.25) is 17.8 Å². The Labute approximate surface area is 177 Å². The summed E-state index contributed by atoms with van der Waals surface area (Å²) in [6, 6.07) is 7.88. The number of nitrogens with one attached hydrogen (secondary N) is 1. The van der Waals surface area contributed by atoms with Crippen molar-refractivity contribution < 1.29 is 9.59 Å². The fourth-order valence-corrected chi connectivity index (χ4v) is 4.11. The Morgan fingerprint density at radius 1 is 1.10 bits per heavy atom. The first-order chi connectivity index (χ1) is 14.4. The van der Waals surface area contributed by atoms with Gasteiger partial charge in [-0.15, -0.1) is 0 Å². The highest BCUT2D eigenvalue weighted by atomic mass is 16.2. The number of hydrogen-bond acceptors (Lipinski definition) is 5. The average molecular weight is 408 g/mol. The van der Waals surface area contributed by atoms with Gasteiger partial charge in [0, 0.05) is 37.4 Å². The molecule has 2 fully saturated rings. The maximum atomic E-state index is 12.7. The second-order valence-corrected chi connectivity index (χ2v) is 8.39. The molecule has 7 heteroatoms. The minimum absolute atomic E-state index is 0.00685. The number of carbonyl (C=O) groups excluding carboxylic acids is 2. The predicted octanol–water partition coefficient (Wildman–Crippen LogP) is 2.67. The number of hydrogen-bond donors (Lipinski definition) is 1. The van der Waals surface area contributed by atoms with Crippen molar-refractivity contribution >= 4 is 23.5 Å². The molecule has 158 valence electrons. The summed E-state index contributed by atoms with van der Waals surface area (Å²) < 4.78 is 0. The summed E-state index contributed by atoms with van der Waals surface area (Å²) in [7, 11) is 0. The fraction of sp³-hybridized carbons (Fsp3) is 0.478. The molecule has 7 nitrogen and oxygen atoms in total.